The molecule has 1 amide bonds. The van der Waals surface area contributed by atoms with E-state index in [1.54, 1.807) is 61.7 Å². The third-order valence-corrected chi connectivity index (χ3v) is 6.99. The second-order valence-corrected chi connectivity index (χ2v) is 9.00. The zero-order valence-corrected chi connectivity index (χ0v) is 17.6. The standard InChI is InChI=1S/C23H22N2O4S/c1-16-7-10-19(11-8-16)30(27,28)25-14-13-17-15-18(9-12-21(17)25)23(26)24-20-5-3-4-6-22(20)29-2/h3-12,15H,13-14H2,1-2H3,(H,24,26). The van der Waals surface area contributed by atoms with Gasteiger partial charge in [-0.15, -0.1) is 0 Å². The Hall–Kier alpha value is -3.32. The summed E-state index contributed by atoms with van der Waals surface area (Å²) in [5.74, 6) is 0.296. The van der Waals surface area contributed by atoms with Gasteiger partial charge in [-0.3, -0.25) is 9.10 Å². The quantitative estimate of drug-likeness (QED) is 0.674. The second-order valence-electron chi connectivity index (χ2n) is 7.14. The van der Waals surface area contributed by atoms with E-state index in [2.05, 4.69) is 5.32 Å². The molecule has 30 heavy (non-hydrogen) atoms. The molecule has 154 valence electrons. The number of ether oxygens (including phenoxy) is 1. The predicted octanol–water partition coefficient (Wildman–Crippen LogP) is 4.01. The van der Waals surface area contributed by atoms with Crippen molar-refractivity contribution < 1.29 is 17.9 Å². The van der Waals surface area contributed by atoms with E-state index in [-0.39, 0.29) is 10.8 Å². The van der Waals surface area contributed by atoms with Crippen LogP contribution in [-0.4, -0.2) is 28.0 Å². The van der Waals surface area contributed by atoms with E-state index >= 15 is 0 Å². The molecule has 0 radical (unpaired) electrons. The Labute approximate surface area is 176 Å². The molecule has 3 aromatic carbocycles. The van der Waals surface area contributed by atoms with E-state index in [9.17, 15) is 13.2 Å². The third-order valence-electron chi connectivity index (χ3n) is 5.16. The number of hydrogen-bond donors (Lipinski definition) is 1. The van der Waals surface area contributed by atoms with Crippen molar-refractivity contribution in [2.24, 2.45) is 0 Å². The number of hydrogen-bond acceptors (Lipinski definition) is 4. The van der Waals surface area contributed by atoms with Crippen LogP contribution in [0.4, 0.5) is 11.4 Å². The highest BCUT2D eigenvalue weighted by molar-refractivity contribution is 7.92. The molecule has 1 aliphatic rings. The molecule has 0 saturated carbocycles. The summed E-state index contributed by atoms with van der Waals surface area (Å²) in [6, 6.07) is 19.1. The monoisotopic (exact) mass is 422 g/mol. The van der Waals surface area contributed by atoms with Crippen molar-refractivity contribution >= 4 is 27.3 Å². The van der Waals surface area contributed by atoms with Crippen LogP contribution in [0.5, 0.6) is 5.75 Å². The molecule has 0 fully saturated rings. The van der Waals surface area contributed by atoms with Gasteiger partial charge >= 0.3 is 0 Å². The number of para-hydroxylation sites is 2. The number of benzene rings is 3. The zero-order chi connectivity index (χ0) is 21.3. The fourth-order valence-electron chi connectivity index (χ4n) is 3.54. The molecule has 0 bridgehead atoms. The van der Waals surface area contributed by atoms with Crippen LogP contribution in [0.15, 0.2) is 71.6 Å². The molecule has 7 heteroatoms. The second kappa shape index (κ2) is 7.84. The summed E-state index contributed by atoms with van der Waals surface area (Å²) in [6.45, 7) is 2.27. The van der Waals surface area contributed by atoms with Gasteiger partial charge in [0.1, 0.15) is 5.75 Å². The number of fused-ring (bicyclic) bond motifs is 1. The summed E-state index contributed by atoms with van der Waals surface area (Å²) < 4.78 is 32.8. The molecule has 1 heterocycles. The van der Waals surface area contributed by atoms with Gasteiger partial charge in [0.2, 0.25) is 0 Å². The average Bonchev–Trinajstić information content (AvgIpc) is 3.18. The van der Waals surface area contributed by atoms with Crippen LogP contribution in [-0.2, 0) is 16.4 Å². The zero-order valence-electron chi connectivity index (χ0n) is 16.8. The highest BCUT2D eigenvalue weighted by atomic mass is 32.2. The normalized spacial score (nSPS) is 13.1. The van der Waals surface area contributed by atoms with Crippen molar-refractivity contribution in [3.63, 3.8) is 0 Å². The van der Waals surface area contributed by atoms with Crippen LogP contribution >= 0.6 is 0 Å². The molecule has 0 aromatic heterocycles. The number of carbonyl (C=O) groups is 1. The molecular formula is C23H22N2O4S. The van der Waals surface area contributed by atoms with Crippen molar-refractivity contribution in [2.75, 3.05) is 23.3 Å². The maximum Gasteiger partial charge on any atom is 0.264 e. The van der Waals surface area contributed by atoms with Gasteiger partial charge in [0.15, 0.2) is 0 Å². The summed E-state index contributed by atoms with van der Waals surface area (Å²) in [5, 5.41) is 2.85. The first-order chi connectivity index (χ1) is 14.4. The summed E-state index contributed by atoms with van der Waals surface area (Å²) in [5.41, 5.74) is 3.49. The van der Waals surface area contributed by atoms with E-state index < -0.39 is 10.0 Å². The van der Waals surface area contributed by atoms with Crippen LogP contribution in [0.1, 0.15) is 21.5 Å². The largest absolute Gasteiger partial charge is 0.495 e. The molecule has 0 spiro atoms. The van der Waals surface area contributed by atoms with Gasteiger partial charge in [-0.25, -0.2) is 8.42 Å². The van der Waals surface area contributed by atoms with E-state index in [4.69, 9.17) is 4.74 Å². The van der Waals surface area contributed by atoms with Crippen LogP contribution in [0.2, 0.25) is 0 Å². The molecule has 0 saturated heterocycles. The lowest BCUT2D eigenvalue weighted by Gasteiger charge is -2.20. The van der Waals surface area contributed by atoms with Crippen molar-refractivity contribution in [2.45, 2.75) is 18.2 Å². The molecule has 0 atom stereocenters. The fourth-order valence-corrected chi connectivity index (χ4v) is 5.05. The molecule has 3 aromatic rings. The summed E-state index contributed by atoms with van der Waals surface area (Å²) in [4.78, 5) is 13.0. The predicted molar refractivity (Wildman–Crippen MR) is 117 cm³/mol. The number of carbonyl (C=O) groups excluding carboxylic acids is 1. The van der Waals surface area contributed by atoms with Crippen molar-refractivity contribution in [1.29, 1.82) is 0 Å². The first-order valence-corrected chi connectivity index (χ1v) is 11.0. The van der Waals surface area contributed by atoms with E-state index in [1.807, 2.05) is 19.1 Å². The number of anilines is 2. The van der Waals surface area contributed by atoms with Crippen molar-refractivity contribution in [3.05, 3.63) is 83.4 Å². The average molecular weight is 423 g/mol. The minimum absolute atomic E-state index is 0.263. The fraction of sp³-hybridized carbons (Fsp3) is 0.174. The maximum absolute atomic E-state index is 13.1. The molecular weight excluding hydrogens is 400 g/mol. The number of rotatable bonds is 5. The molecule has 4 rings (SSSR count). The number of nitrogens with zero attached hydrogens (tertiary/aromatic N) is 1. The highest BCUT2D eigenvalue weighted by Gasteiger charge is 2.31. The first kappa shape index (κ1) is 20.0. The molecule has 6 nitrogen and oxygen atoms in total. The maximum atomic E-state index is 13.1. The van der Waals surface area contributed by atoms with Crippen LogP contribution in [0, 0.1) is 6.92 Å². The summed E-state index contributed by atoms with van der Waals surface area (Å²) in [6.07, 6.45) is 0.552. The third kappa shape index (κ3) is 3.64. The Morgan fingerprint density at radius 1 is 1.03 bits per heavy atom. The van der Waals surface area contributed by atoms with Gasteiger partial charge in [0, 0.05) is 12.1 Å². The first-order valence-electron chi connectivity index (χ1n) is 9.57. The number of nitrogens with one attached hydrogen (secondary N) is 1. The van der Waals surface area contributed by atoms with Crippen molar-refractivity contribution in [1.82, 2.24) is 0 Å². The van der Waals surface area contributed by atoms with Crippen LogP contribution in [0.3, 0.4) is 0 Å². The van der Waals surface area contributed by atoms with E-state index in [0.29, 0.717) is 35.7 Å². The Morgan fingerprint density at radius 3 is 2.50 bits per heavy atom. The van der Waals surface area contributed by atoms with E-state index in [0.717, 1.165) is 11.1 Å². The molecule has 1 N–H and O–H groups in total. The summed E-state index contributed by atoms with van der Waals surface area (Å²) in [7, 11) is -2.10. The SMILES string of the molecule is COc1ccccc1NC(=O)c1ccc2c(c1)CCN2S(=O)(=O)c1ccc(C)cc1. The topological polar surface area (TPSA) is 75.7 Å². The minimum Gasteiger partial charge on any atom is -0.495 e. The van der Waals surface area contributed by atoms with E-state index in [1.165, 1.54) is 4.31 Å². The van der Waals surface area contributed by atoms with Gasteiger partial charge in [0.25, 0.3) is 15.9 Å². The van der Waals surface area contributed by atoms with Gasteiger partial charge in [-0.1, -0.05) is 29.8 Å². The number of aryl methyl sites for hydroxylation is 1. The molecule has 0 aliphatic carbocycles. The Bertz CT molecular complexity index is 1200. The number of amides is 1. The Balaban J connectivity index is 1.59. The van der Waals surface area contributed by atoms with Gasteiger partial charge < -0.3 is 10.1 Å². The van der Waals surface area contributed by atoms with Crippen LogP contribution in [0.25, 0.3) is 0 Å². The summed E-state index contributed by atoms with van der Waals surface area (Å²) >= 11 is 0. The Kier molecular flexibility index (Phi) is 5.22. The number of sulfonamides is 1. The smallest absolute Gasteiger partial charge is 0.264 e. The van der Waals surface area contributed by atoms with Gasteiger partial charge in [-0.2, -0.15) is 0 Å². The van der Waals surface area contributed by atoms with Crippen molar-refractivity contribution in [3.8, 4) is 5.75 Å². The van der Waals surface area contributed by atoms with Gasteiger partial charge in [-0.05, 0) is 61.4 Å². The van der Waals surface area contributed by atoms with Gasteiger partial charge in [0.05, 0.1) is 23.4 Å². The lowest BCUT2D eigenvalue weighted by Crippen LogP contribution is -2.29. The molecule has 0 unspecified atom stereocenters. The van der Waals surface area contributed by atoms with Crippen LogP contribution < -0.4 is 14.4 Å². The highest BCUT2D eigenvalue weighted by Crippen LogP contribution is 2.34. The lowest BCUT2D eigenvalue weighted by atomic mass is 10.1. The minimum atomic E-state index is -3.64. The number of methoxy groups -OCH3 is 1. The Morgan fingerprint density at radius 2 is 1.77 bits per heavy atom. The molecule has 1 aliphatic heterocycles. The lowest BCUT2D eigenvalue weighted by molar-refractivity contribution is 0.102.